The number of carbonyl (C=O) groups excluding carboxylic acids is 1. The molecule has 0 fully saturated rings. The molecule has 0 aliphatic heterocycles. The largest absolute Gasteiger partial charge is 0.301 e. The second-order valence-electron chi connectivity index (χ2n) is 6.14. The van der Waals surface area contributed by atoms with Crippen molar-refractivity contribution in [3.05, 3.63) is 63.6 Å². The number of rotatable bonds is 6. The number of amides is 1. The van der Waals surface area contributed by atoms with Gasteiger partial charge >= 0.3 is 0 Å². The summed E-state index contributed by atoms with van der Waals surface area (Å²) in [7, 11) is 0. The molecule has 0 radical (unpaired) electrons. The van der Waals surface area contributed by atoms with Crippen molar-refractivity contribution in [3.8, 4) is 0 Å². The zero-order valence-corrected chi connectivity index (χ0v) is 19.5. The lowest BCUT2D eigenvalue weighted by molar-refractivity contribution is -0.115. The van der Waals surface area contributed by atoms with E-state index in [2.05, 4.69) is 20.3 Å². The van der Waals surface area contributed by atoms with Crippen LogP contribution in [0.2, 0.25) is 10.0 Å². The quantitative estimate of drug-likeness (QED) is 0.234. The molecule has 0 spiro atoms. The fraction of sp³-hybridized carbons (Fsp3) is 0.100. The maximum Gasteiger partial charge on any atom is 0.239 e. The van der Waals surface area contributed by atoms with Crippen molar-refractivity contribution in [3.63, 3.8) is 0 Å². The van der Waals surface area contributed by atoms with Crippen molar-refractivity contribution in [1.82, 2.24) is 9.97 Å². The smallest absolute Gasteiger partial charge is 0.239 e. The summed E-state index contributed by atoms with van der Waals surface area (Å²) in [5.41, 5.74) is 2.46. The number of benzene rings is 2. The summed E-state index contributed by atoms with van der Waals surface area (Å²) in [6.07, 6.45) is 3.37. The minimum atomic E-state index is -0.293. The third-order valence-corrected chi connectivity index (χ3v) is 7.44. The predicted molar refractivity (Wildman–Crippen MR) is 129 cm³/mol. The molecule has 4 aromatic rings. The molecule has 0 saturated carbocycles. The van der Waals surface area contributed by atoms with Crippen LogP contribution in [-0.4, -0.2) is 27.3 Å². The average Bonchev–Trinajstić information content (AvgIpc) is 3.36. The minimum Gasteiger partial charge on any atom is -0.301 e. The van der Waals surface area contributed by atoms with Crippen LogP contribution in [0.4, 0.5) is 10.8 Å². The first-order valence-electron chi connectivity index (χ1n) is 8.74. The van der Waals surface area contributed by atoms with Gasteiger partial charge in [0.05, 0.1) is 26.2 Å². The van der Waals surface area contributed by atoms with Gasteiger partial charge in [0.15, 0.2) is 9.47 Å². The zero-order valence-electron chi connectivity index (χ0n) is 15.5. The van der Waals surface area contributed by atoms with Crippen LogP contribution < -0.4 is 5.32 Å². The summed E-state index contributed by atoms with van der Waals surface area (Å²) in [4.78, 5) is 25.5. The molecular weight excluding hydrogens is 479 g/mol. The lowest BCUT2D eigenvalue weighted by Gasteiger charge is -2.07. The summed E-state index contributed by atoms with van der Waals surface area (Å²) in [5, 5.41) is 6.07. The highest BCUT2D eigenvalue weighted by Crippen LogP contribution is 2.34. The van der Waals surface area contributed by atoms with Gasteiger partial charge in [-0.2, -0.15) is 0 Å². The molecule has 2 aromatic heterocycles. The van der Waals surface area contributed by atoms with Crippen LogP contribution in [0.1, 0.15) is 12.5 Å². The topological polar surface area (TPSA) is 67.2 Å². The number of aromatic nitrogens is 2. The Hall–Kier alpha value is -1.97. The number of halogens is 2. The van der Waals surface area contributed by atoms with Crippen molar-refractivity contribution < 1.29 is 4.79 Å². The van der Waals surface area contributed by atoms with Crippen LogP contribution in [0, 0.1) is 0 Å². The Kier molecular flexibility index (Phi) is 6.70. The summed E-state index contributed by atoms with van der Waals surface area (Å²) in [5.74, 6) is -0.0978. The highest BCUT2D eigenvalue weighted by Gasteiger charge is 2.18. The molecule has 2 aromatic carbocycles. The lowest BCUT2D eigenvalue weighted by Crippen LogP contribution is -2.22. The molecule has 0 aliphatic carbocycles. The third kappa shape index (κ3) is 5.19. The van der Waals surface area contributed by atoms with Crippen LogP contribution in [-0.2, 0) is 4.79 Å². The maximum atomic E-state index is 12.3. The number of carbonyl (C=O) groups is 1. The van der Waals surface area contributed by atoms with E-state index >= 15 is 0 Å². The normalized spacial score (nSPS) is 12.5. The summed E-state index contributed by atoms with van der Waals surface area (Å²) < 4.78 is 1.83. The Bertz CT molecular complexity index is 1220. The van der Waals surface area contributed by atoms with Crippen LogP contribution in [0.3, 0.4) is 0 Å². The van der Waals surface area contributed by atoms with Gasteiger partial charge in [0.1, 0.15) is 0 Å². The van der Waals surface area contributed by atoms with Crippen molar-refractivity contribution in [2.45, 2.75) is 16.5 Å². The Morgan fingerprint density at radius 1 is 1.27 bits per heavy atom. The van der Waals surface area contributed by atoms with Crippen LogP contribution in [0.15, 0.2) is 57.3 Å². The predicted octanol–water partition coefficient (Wildman–Crippen LogP) is 6.93. The number of thiazole rings is 2. The SMILES string of the molecule is C[C@@H](Sc1nc2ccc(N=Cc3ccc(Cl)cc3Cl)cc2s1)C(=O)Nc1nccs1. The minimum absolute atomic E-state index is 0.0978. The number of nitrogens with one attached hydrogen (secondary N) is 1. The third-order valence-electron chi connectivity index (χ3n) is 3.98. The fourth-order valence-corrected chi connectivity index (χ4v) is 5.70. The van der Waals surface area contributed by atoms with E-state index in [1.54, 1.807) is 24.5 Å². The van der Waals surface area contributed by atoms with E-state index in [4.69, 9.17) is 23.2 Å². The Labute approximate surface area is 195 Å². The first-order chi connectivity index (χ1) is 14.5. The highest BCUT2D eigenvalue weighted by atomic mass is 35.5. The number of fused-ring (bicyclic) bond motifs is 1. The van der Waals surface area contributed by atoms with Crippen LogP contribution in [0.25, 0.3) is 10.2 Å². The number of aliphatic imine (C=N–C) groups is 1. The van der Waals surface area contributed by atoms with Gasteiger partial charge < -0.3 is 5.32 Å². The van der Waals surface area contributed by atoms with Gasteiger partial charge in [-0.25, -0.2) is 9.97 Å². The molecule has 1 N–H and O–H groups in total. The van der Waals surface area contributed by atoms with Gasteiger partial charge in [-0.1, -0.05) is 41.0 Å². The number of hydrogen-bond acceptors (Lipinski definition) is 7. The molecule has 152 valence electrons. The van der Waals surface area contributed by atoms with E-state index in [-0.39, 0.29) is 11.2 Å². The highest BCUT2D eigenvalue weighted by molar-refractivity contribution is 8.02. The molecule has 0 bridgehead atoms. The van der Waals surface area contributed by atoms with Crippen molar-refractivity contribution in [2.24, 2.45) is 4.99 Å². The monoisotopic (exact) mass is 492 g/mol. The molecule has 0 unspecified atom stereocenters. The van der Waals surface area contributed by atoms with Gasteiger partial charge in [0.25, 0.3) is 0 Å². The van der Waals surface area contributed by atoms with E-state index < -0.39 is 0 Å². The van der Waals surface area contributed by atoms with E-state index in [0.717, 1.165) is 25.8 Å². The second-order valence-corrected chi connectivity index (χ2v) is 10.5. The second kappa shape index (κ2) is 9.45. The van der Waals surface area contributed by atoms with Gasteiger partial charge in [0.2, 0.25) is 5.91 Å². The first kappa shape index (κ1) is 21.3. The molecule has 0 aliphatic rings. The molecule has 0 saturated heterocycles. The zero-order chi connectivity index (χ0) is 21.1. The van der Waals surface area contributed by atoms with Crippen molar-refractivity contribution >= 4 is 90.8 Å². The van der Waals surface area contributed by atoms with Gasteiger partial charge in [-0.15, -0.1) is 22.7 Å². The number of thioether (sulfide) groups is 1. The molecule has 1 atom stereocenters. The summed E-state index contributed by atoms with van der Waals surface area (Å²) in [6, 6.07) is 11.1. The van der Waals surface area contributed by atoms with Crippen molar-refractivity contribution in [2.75, 3.05) is 5.32 Å². The molecule has 10 heteroatoms. The van der Waals surface area contributed by atoms with Gasteiger partial charge in [-0.05, 0) is 37.3 Å². The summed E-state index contributed by atoms with van der Waals surface area (Å²) >= 11 is 16.5. The first-order valence-corrected chi connectivity index (χ1v) is 12.1. The average molecular weight is 493 g/mol. The van der Waals surface area contributed by atoms with Crippen LogP contribution in [0.5, 0.6) is 0 Å². The Morgan fingerprint density at radius 2 is 2.13 bits per heavy atom. The molecule has 1 amide bonds. The molecule has 30 heavy (non-hydrogen) atoms. The maximum absolute atomic E-state index is 12.3. The number of nitrogens with zero attached hydrogens (tertiary/aromatic N) is 3. The van der Waals surface area contributed by atoms with E-state index in [0.29, 0.717) is 15.2 Å². The fourth-order valence-electron chi connectivity index (χ4n) is 2.47. The number of anilines is 1. The summed E-state index contributed by atoms with van der Waals surface area (Å²) in [6.45, 7) is 1.85. The molecular formula is C20H14Cl2N4OS3. The lowest BCUT2D eigenvalue weighted by atomic mass is 10.2. The van der Waals surface area contributed by atoms with E-state index in [1.165, 1.54) is 34.4 Å². The number of hydrogen-bond donors (Lipinski definition) is 1. The van der Waals surface area contributed by atoms with Gasteiger partial charge in [-0.3, -0.25) is 9.79 Å². The Balaban J connectivity index is 1.46. The standard InChI is InChI=1S/C20H14Cl2N4OS3/c1-11(18(27)26-19-23-6-7-28-19)29-20-25-16-5-4-14(9-17(16)30-20)24-10-12-2-3-13(21)8-15(12)22/h2-11H,1H3,(H,23,26,27)/t11-/m1/s1. The molecule has 5 nitrogen and oxygen atoms in total. The van der Waals surface area contributed by atoms with Gasteiger partial charge in [0, 0.05) is 28.4 Å². The van der Waals surface area contributed by atoms with Crippen LogP contribution >= 0.6 is 57.6 Å². The molecule has 2 heterocycles. The molecule has 4 rings (SSSR count). The van der Waals surface area contributed by atoms with E-state index in [1.807, 2.05) is 36.6 Å². The van der Waals surface area contributed by atoms with Crippen molar-refractivity contribution in [1.29, 1.82) is 0 Å². The Morgan fingerprint density at radius 3 is 2.90 bits per heavy atom. The van der Waals surface area contributed by atoms with E-state index in [9.17, 15) is 4.79 Å².